The molecule has 1 saturated heterocycles. The van der Waals surface area contributed by atoms with Crippen molar-refractivity contribution in [3.05, 3.63) is 17.0 Å². The van der Waals surface area contributed by atoms with Crippen LogP contribution in [-0.4, -0.2) is 58.0 Å². The van der Waals surface area contributed by atoms with E-state index in [-0.39, 0.29) is 29.8 Å². The Bertz CT molecular complexity index is 665. The van der Waals surface area contributed by atoms with Crippen LogP contribution in [-0.2, 0) is 9.59 Å². The number of hydrogen-bond acceptors (Lipinski definition) is 4. The van der Waals surface area contributed by atoms with Gasteiger partial charge in [-0.3, -0.25) is 19.5 Å². The molecule has 0 saturated carbocycles. The van der Waals surface area contributed by atoms with Gasteiger partial charge in [-0.1, -0.05) is 0 Å². The van der Waals surface area contributed by atoms with Gasteiger partial charge in [0.25, 0.3) is 5.91 Å². The first-order valence-corrected chi connectivity index (χ1v) is 9.09. The van der Waals surface area contributed by atoms with Gasteiger partial charge in [-0.25, -0.2) is 0 Å². The molecule has 1 aliphatic heterocycles. The monoisotopic (exact) mass is 363 g/mol. The molecule has 26 heavy (non-hydrogen) atoms. The Morgan fingerprint density at radius 3 is 2.54 bits per heavy atom. The van der Waals surface area contributed by atoms with Crippen molar-refractivity contribution in [1.29, 1.82) is 0 Å². The second-order valence-corrected chi connectivity index (χ2v) is 7.24. The van der Waals surface area contributed by atoms with Gasteiger partial charge in [0.2, 0.25) is 11.8 Å². The lowest BCUT2D eigenvalue weighted by atomic mass is 10.0. The Hall–Kier alpha value is -2.38. The molecule has 0 spiro atoms. The number of nitrogens with one attached hydrogen (secondary N) is 3. The second-order valence-electron chi connectivity index (χ2n) is 7.24. The lowest BCUT2D eigenvalue weighted by Gasteiger charge is -2.32. The van der Waals surface area contributed by atoms with E-state index in [0.717, 1.165) is 12.1 Å². The van der Waals surface area contributed by atoms with Crippen LogP contribution in [0.3, 0.4) is 0 Å². The first-order valence-electron chi connectivity index (χ1n) is 9.09. The standard InChI is InChI=1S/C18H29N5O3/c1-10(19-17(25)14-7-6-8-15(24)23(14)5)9-11(2)20-18(26)16-12(3)21-22-13(16)4/h10-11,14H,6-9H2,1-5H3,(H,19,25)(H,20,26)(H,21,22). The second kappa shape index (κ2) is 8.33. The number of carbonyl (C=O) groups is 3. The van der Waals surface area contributed by atoms with Gasteiger partial charge in [-0.05, 0) is 47.0 Å². The fraction of sp³-hybridized carbons (Fsp3) is 0.667. The summed E-state index contributed by atoms with van der Waals surface area (Å²) >= 11 is 0. The Morgan fingerprint density at radius 1 is 1.27 bits per heavy atom. The molecule has 3 atom stereocenters. The topological polar surface area (TPSA) is 107 Å². The smallest absolute Gasteiger partial charge is 0.255 e. The lowest BCUT2D eigenvalue weighted by Crippen LogP contribution is -2.52. The van der Waals surface area contributed by atoms with Crippen molar-refractivity contribution in [2.24, 2.45) is 0 Å². The van der Waals surface area contributed by atoms with Crippen molar-refractivity contribution in [3.63, 3.8) is 0 Å². The number of nitrogens with zero attached hydrogens (tertiary/aromatic N) is 2. The van der Waals surface area contributed by atoms with Crippen LogP contribution in [0.15, 0.2) is 0 Å². The van der Waals surface area contributed by atoms with Crippen molar-refractivity contribution >= 4 is 17.7 Å². The van der Waals surface area contributed by atoms with Crippen LogP contribution in [0, 0.1) is 13.8 Å². The van der Waals surface area contributed by atoms with Gasteiger partial charge in [-0.15, -0.1) is 0 Å². The van der Waals surface area contributed by atoms with Gasteiger partial charge in [-0.2, -0.15) is 5.10 Å². The molecule has 8 nitrogen and oxygen atoms in total. The number of amides is 3. The maximum atomic E-state index is 12.4. The minimum Gasteiger partial charge on any atom is -0.352 e. The van der Waals surface area contributed by atoms with Crippen LogP contribution >= 0.6 is 0 Å². The summed E-state index contributed by atoms with van der Waals surface area (Å²) in [4.78, 5) is 38.1. The quantitative estimate of drug-likeness (QED) is 0.702. The first kappa shape index (κ1) is 19.9. The normalized spacial score (nSPS) is 19.8. The highest BCUT2D eigenvalue weighted by Gasteiger charge is 2.31. The van der Waals surface area contributed by atoms with E-state index in [2.05, 4.69) is 20.8 Å². The van der Waals surface area contributed by atoms with Crippen LogP contribution in [0.2, 0.25) is 0 Å². The summed E-state index contributed by atoms with van der Waals surface area (Å²) in [7, 11) is 1.68. The first-order chi connectivity index (χ1) is 12.2. The van der Waals surface area contributed by atoms with Gasteiger partial charge in [0.15, 0.2) is 0 Å². The van der Waals surface area contributed by atoms with Gasteiger partial charge < -0.3 is 15.5 Å². The summed E-state index contributed by atoms with van der Waals surface area (Å²) in [6.07, 6.45) is 2.53. The molecule has 144 valence electrons. The van der Waals surface area contributed by atoms with Gasteiger partial charge in [0, 0.05) is 31.2 Å². The molecule has 8 heteroatoms. The van der Waals surface area contributed by atoms with Crippen molar-refractivity contribution in [3.8, 4) is 0 Å². The number of aromatic nitrogens is 2. The van der Waals surface area contributed by atoms with Crippen molar-refractivity contribution < 1.29 is 14.4 Å². The molecular formula is C18H29N5O3. The van der Waals surface area contributed by atoms with Crippen LogP contribution in [0.25, 0.3) is 0 Å². The molecule has 0 aliphatic carbocycles. The van der Waals surface area contributed by atoms with Gasteiger partial charge >= 0.3 is 0 Å². The van der Waals surface area contributed by atoms with E-state index < -0.39 is 6.04 Å². The van der Waals surface area contributed by atoms with Crippen molar-refractivity contribution in [1.82, 2.24) is 25.7 Å². The summed E-state index contributed by atoms with van der Waals surface area (Å²) < 4.78 is 0. The molecule has 0 radical (unpaired) electrons. The maximum Gasteiger partial charge on any atom is 0.255 e. The molecule has 1 fully saturated rings. The van der Waals surface area contributed by atoms with E-state index in [1.54, 1.807) is 14.0 Å². The molecular weight excluding hydrogens is 334 g/mol. The highest BCUT2D eigenvalue weighted by Crippen LogP contribution is 2.17. The van der Waals surface area contributed by atoms with Crippen LogP contribution in [0.5, 0.6) is 0 Å². The number of piperidine rings is 1. The Labute approximate surface area is 154 Å². The fourth-order valence-electron chi connectivity index (χ4n) is 3.47. The Kier molecular flexibility index (Phi) is 6.39. The minimum atomic E-state index is -0.403. The third-order valence-electron chi connectivity index (χ3n) is 4.86. The molecule has 0 aromatic carbocycles. The highest BCUT2D eigenvalue weighted by atomic mass is 16.2. The molecule has 2 rings (SSSR count). The van der Waals surface area contributed by atoms with E-state index in [0.29, 0.717) is 30.5 Å². The molecule has 1 aromatic heterocycles. The largest absolute Gasteiger partial charge is 0.352 e. The number of aryl methyl sites for hydroxylation is 2. The van der Waals surface area contributed by atoms with Gasteiger partial charge in [0.05, 0.1) is 11.3 Å². The number of H-pyrrole nitrogens is 1. The predicted molar refractivity (Wildman–Crippen MR) is 97.6 cm³/mol. The SMILES string of the molecule is Cc1n[nH]c(C)c1C(=O)NC(C)CC(C)NC(=O)C1CCCC(=O)N1C. The molecule has 3 unspecified atom stereocenters. The van der Waals surface area contributed by atoms with E-state index in [1.165, 1.54) is 4.90 Å². The van der Waals surface area contributed by atoms with Crippen LogP contribution < -0.4 is 10.6 Å². The van der Waals surface area contributed by atoms with E-state index in [9.17, 15) is 14.4 Å². The fourth-order valence-corrected chi connectivity index (χ4v) is 3.47. The summed E-state index contributed by atoms with van der Waals surface area (Å²) in [5.41, 5.74) is 1.97. The molecule has 0 bridgehead atoms. The van der Waals surface area contributed by atoms with E-state index >= 15 is 0 Å². The molecule has 3 amide bonds. The summed E-state index contributed by atoms with van der Waals surface area (Å²) in [6.45, 7) is 7.40. The maximum absolute atomic E-state index is 12.4. The third kappa shape index (κ3) is 4.62. The lowest BCUT2D eigenvalue weighted by molar-refractivity contribution is -0.142. The zero-order chi connectivity index (χ0) is 19.4. The van der Waals surface area contributed by atoms with E-state index in [4.69, 9.17) is 0 Å². The minimum absolute atomic E-state index is 0.00976. The molecule has 1 aromatic rings. The van der Waals surface area contributed by atoms with E-state index in [1.807, 2.05) is 20.8 Å². The average Bonchev–Trinajstić information content (AvgIpc) is 2.88. The number of carbonyl (C=O) groups excluding carboxylic acids is 3. The van der Waals surface area contributed by atoms with Gasteiger partial charge in [0.1, 0.15) is 6.04 Å². The number of likely N-dealkylation sites (N-methyl/N-ethyl adjacent to an activating group) is 1. The number of aromatic amines is 1. The van der Waals surface area contributed by atoms with Crippen molar-refractivity contribution in [2.75, 3.05) is 7.05 Å². The number of rotatable bonds is 6. The average molecular weight is 363 g/mol. The Balaban J connectivity index is 1.85. The summed E-state index contributed by atoms with van der Waals surface area (Å²) in [6, 6.07) is -0.633. The molecule has 1 aliphatic rings. The molecule has 3 N–H and O–H groups in total. The molecule has 2 heterocycles. The Morgan fingerprint density at radius 2 is 1.92 bits per heavy atom. The zero-order valence-corrected chi connectivity index (χ0v) is 16.2. The summed E-state index contributed by atoms with van der Waals surface area (Å²) in [5.74, 6) is -0.291. The highest BCUT2D eigenvalue weighted by molar-refractivity contribution is 5.96. The number of likely N-dealkylation sites (tertiary alicyclic amines) is 1. The predicted octanol–water partition coefficient (Wildman–Crippen LogP) is 1.05. The number of hydrogen-bond donors (Lipinski definition) is 3. The summed E-state index contributed by atoms with van der Waals surface area (Å²) in [5, 5.41) is 12.7. The van der Waals surface area contributed by atoms with Crippen molar-refractivity contribution in [2.45, 2.75) is 71.5 Å². The van der Waals surface area contributed by atoms with Crippen LogP contribution in [0.4, 0.5) is 0 Å². The third-order valence-corrected chi connectivity index (χ3v) is 4.86. The van der Waals surface area contributed by atoms with Crippen LogP contribution in [0.1, 0.15) is 61.3 Å². The zero-order valence-electron chi connectivity index (χ0n) is 16.2.